The number of aliphatic hydroxyl groups excluding tert-OH is 1. The van der Waals surface area contributed by atoms with E-state index in [2.05, 4.69) is 31.1 Å². The van der Waals surface area contributed by atoms with Gasteiger partial charge in [0, 0.05) is 12.5 Å². The molecule has 3 aliphatic carbocycles. The molecule has 1 N–H and O–H groups in total. The summed E-state index contributed by atoms with van der Waals surface area (Å²) in [4.78, 5) is 13.0. The first kappa shape index (κ1) is 18.3. The molecule has 146 valence electrons. The quantitative estimate of drug-likeness (QED) is 0.815. The first-order valence-electron chi connectivity index (χ1n) is 9.30. The molecule has 27 heavy (non-hydrogen) atoms. The molecule has 5 nitrogen and oxygen atoms in total. The van der Waals surface area contributed by atoms with Crippen LogP contribution in [0.25, 0.3) is 0 Å². The second kappa shape index (κ2) is 5.74. The molecule has 2 bridgehead atoms. The van der Waals surface area contributed by atoms with Crippen LogP contribution in [-0.2, 0) is 17.7 Å². The van der Waals surface area contributed by atoms with Gasteiger partial charge in [0.05, 0.1) is 6.20 Å². The molecule has 0 radical (unpaired) electrons. The molecule has 1 fully saturated rings. The Hall–Kier alpha value is -2.02. The van der Waals surface area contributed by atoms with Gasteiger partial charge in [0.15, 0.2) is 0 Å². The standard InChI is InChI=1S/C20H24F2N2O3/c1-18(2)14-8-9-19(18,15-7-5-4-6-12(14)15)27-17(26)13-10-23-24(3)16(13)20(21,22)11-25/h4,6,10,14,25H,5,7-9,11H2,1-3H3. The maximum atomic E-state index is 14.2. The Morgan fingerprint density at radius 2 is 2.22 bits per heavy atom. The van der Waals surface area contributed by atoms with Crippen molar-refractivity contribution in [2.75, 3.05) is 6.61 Å². The zero-order chi connectivity index (χ0) is 19.6. The second-order valence-electron chi connectivity index (χ2n) is 8.30. The first-order valence-corrected chi connectivity index (χ1v) is 9.30. The van der Waals surface area contributed by atoms with Gasteiger partial charge in [-0.25, -0.2) is 4.79 Å². The summed E-state index contributed by atoms with van der Waals surface area (Å²) in [5, 5.41) is 12.9. The van der Waals surface area contributed by atoms with Gasteiger partial charge in [-0.15, -0.1) is 0 Å². The SMILES string of the molecule is Cn1ncc(C(=O)OC23CCC(C4=C2CCC=C4)C3(C)C)c1C(F)(F)CO. The zero-order valence-electron chi connectivity index (χ0n) is 15.8. The molecule has 1 aromatic rings. The monoisotopic (exact) mass is 378 g/mol. The van der Waals surface area contributed by atoms with Crippen LogP contribution < -0.4 is 0 Å². The number of fused-ring (bicyclic) bond motifs is 4. The Bertz CT molecular complexity index is 869. The molecule has 4 rings (SSSR count). The van der Waals surface area contributed by atoms with E-state index < -0.39 is 29.8 Å². The van der Waals surface area contributed by atoms with Gasteiger partial charge in [-0.05, 0) is 42.7 Å². The van der Waals surface area contributed by atoms with Crippen LogP contribution in [0, 0.1) is 11.3 Å². The van der Waals surface area contributed by atoms with E-state index >= 15 is 0 Å². The molecule has 7 heteroatoms. The van der Waals surface area contributed by atoms with Gasteiger partial charge in [-0.2, -0.15) is 13.9 Å². The van der Waals surface area contributed by atoms with E-state index in [4.69, 9.17) is 9.84 Å². The van der Waals surface area contributed by atoms with Crippen molar-refractivity contribution in [1.82, 2.24) is 9.78 Å². The predicted molar refractivity (Wildman–Crippen MR) is 94.2 cm³/mol. The highest BCUT2D eigenvalue weighted by Crippen LogP contribution is 2.66. The molecule has 0 aliphatic heterocycles. The molecule has 1 saturated carbocycles. The van der Waals surface area contributed by atoms with Crippen LogP contribution in [-0.4, -0.2) is 33.1 Å². The van der Waals surface area contributed by atoms with Gasteiger partial charge >= 0.3 is 11.9 Å². The number of hydrogen-bond donors (Lipinski definition) is 1. The molecule has 1 aromatic heterocycles. The first-order chi connectivity index (χ1) is 12.7. The highest BCUT2D eigenvalue weighted by atomic mass is 19.3. The lowest BCUT2D eigenvalue weighted by Crippen LogP contribution is -2.45. The van der Waals surface area contributed by atoms with E-state index in [0.717, 1.165) is 35.7 Å². The lowest BCUT2D eigenvalue weighted by atomic mass is 9.74. The smallest absolute Gasteiger partial charge is 0.342 e. The number of aliphatic hydroxyl groups is 1. The van der Waals surface area contributed by atoms with Crippen molar-refractivity contribution in [1.29, 1.82) is 0 Å². The summed E-state index contributed by atoms with van der Waals surface area (Å²) < 4.78 is 35.3. The van der Waals surface area contributed by atoms with Crippen molar-refractivity contribution in [3.63, 3.8) is 0 Å². The van der Waals surface area contributed by atoms with Crippen LogP contribution in [0.1, 0.15) is 55.6 Å². The lowest BCUT2D eigenvalue weighted by Gasteiger charge is -2.40. The number of ether oxygens (including phenoxy) is 1. The van der Waals surface area contributed by atoms with E-state index in [1.807, 2.05) is 0 Å². The fourth-order valence-electron chi connectivity index (χ4n) is 5.39. The summed E-state index contributed by atoms with van der Waals surface area (Å²) in [7, 11) is 1.33. The number of alkyl halides is 2. The number of aromatic nitrogens is 2. The average molecular weight is 378 g/mol. The molecule has 3 aliphatic rings. The van der Waals surface area contributed by atoms with Crippen LogP contribution in [0.2, 0.25) is 0 Å². The summed E-state index contributed by atoms with van der Waals surface area (Å²) in [5.41, 5.74) is 0.428. The maximum Gasteiger partial charge on any atom is 0.342 e. The Morgan fingerprint density at radius 1 is 1.48 bits per heavy atom. The van der Waals surface area contributed by atoms with Crippen LogP contribution in [0.3, 0.4) is 0 Å². The van der Waals surface area contributed by atoms with E-state index in [-0.39, 0.29) is 11.0 Å². The Labute approximate surface area is 156 Å². The molecule has 0 amide bonds. The van der Waals surface area contributed by atoms with Crippen LogP contribution in [0.4, 0.5) is 8.78 Å². The summed E-state index contributed by atoms with van der Waals surface area (Å²) >= 11 is 0. The van der Waals surface area contributed by atoms with Crippen molar-refractivity contribution >= 4 is 5.97 Å². The number of esters is 1. The number of allylic oxidation sites excluding steroid dienone is 3. The summed E-state index contributed by atoms with van der Waals surface area (Å²) in [6, 6.07) is 0. The molecule has 2 atom stereocenters. The Balaban J connectivity index is 1.74. The molecule has 1 heterocycles. The van der Waals surface area contributed by atoms with Crippen LogP contribution in [0.5, 0.6) is 0 Å². The summed E-state index contributed by atoms with van der Waals surface area (Å²) in [5.74, 6) is -4.06. The van der Waals surface area contributed by atoms with Crippen LogP contribution >= 0.6 is 0 Å². The largest absolute Gasteiger partial charge is 0.450 e. The number of carbonyl (C=O) groups excluding carboxylic acids is 1. The van der Waals surface area contributed by atoms with Crippen molar-refractivity contribution in [2.45, 2.75) is 51.1 Å². The van der Waals surface area contributed by atoms with E-state index in [0.29, 0.717) is 12.3 Å². The van der Waals surface area contributed by atoms with Gasteiger partial charge in [0.2, 0.25) is 0 Å². The number of aryl methyl sites for hydroxylation is 1. The van der Waals surface area contributed by atoms with Crippen molar-refractivity contribution in [2.24, 2.45) is 18.4 Å². The normalized spacial score (nSPS) is 28.6. The minimum Gasteiger partial charge on any atom is -0.450 e. The van der Waals surface area contributed by atoms with E-state index in [1.165, 1.54) is 12.6 Å². The van der Waals surface area contributed by atoms with Crippen molar-refractivity contribution in [3.8, 4) is 0 Å². The predicted octanol–water partition coefficient (Wildman–Crippen LogP) is 3.50. The fourth-order valence-corrected chi connectivity index (χ4v) is 5.39. The molecular formula is C20H24F2N2O3. The molecule has 0 aromatic carbocycles. The van der Waals surface area contributed by atoms with Gasteiger partial charge in [-0.1, -0.05) is 26.0 Å². The minimum atomic E-state index is -3.57. The van der Waals surface area contributed by atoms with Crippen molar-refractivity contribution in [3.05, 3.63) is 40.8 Å². The van der Waals surface area contributed by atoms with E-state index in [1.54, 1.807) is 0 Å². The van der Waals surface area contributed by atoms with Gasteiger partial charge in [0.1, 0.15) is 23.5 Å². The Kier molecular flexibility index (Phi) is 3.90. The van der Waals surface area contributed by atoms with Gasteiger partial charge < -0.3 is 9.84 Å². The molecule has 0 saturated heterocycles. The summed E-state index contributed by atoms with van der Waals surface area (Å²) in [6.07, 6.45) is 8.71. The number of halogens is 2. The molecular weight excluding hydrogens is 354 g/mol. The fraction of sp³-hybridized carbons (Fsp3) is 0.600. The lowest BCUT2D eigenvalue weighted by molar-refractivity contribution is -0.0655. The number of carbonyl (C=O) groups is 1. The third kappa shape index (κ3) is 2.30. The van der Waals surface area contributed by atoms with Crippen molar-refractivity contribution < 1.29 is 23.4 Å². The van der Waals surface area contributed by atoms with Gasteiger partial charge in [-0.3, -0.25) is 4.68 Å². The summed E-state index contributed by atoms with van der Waals surface area (Å²) in [6.45, 7) is 2.79. The number of hydrogen-bond acceptors (Lipinski definition) is 4. The third-order valence-electron chi connectivity index (χ3n) is 6.74. The Morgan fingerprint density at radius 3 is 2.93 bits per heavy atom. The topological polar surface area (TPSA) is 64.4 Å². The average Bonchev–Trinajstić information content (AvgIpc) is 3.20. The zero-order valence-corrected chi connectivity index (χ0v) is 15.8. The highest BCUT2D eigenvalue weighted by Gasteiger charge is 2.65. The van der Waals surface area contributed by atoms with E-state index in [9.17, 15) is 13.6 Å². The number of rotatable bonds is 4. The highest BCUT2D eigenvalue weighted by molar-refractivity contribution is 5.91. The number of nitrogens with zero attached hydrogens (tertiary/aromatic N) is 2. The third-order valence-corrected chi connectivity index (χ3v) is 6.74. The maximum absolute atomic E-state index is 14.2. The molecule has 0 spiro atoms. The minimum absolute atomic E-state index is 0.287. The molecule has 2 unspecified atom stereocenters. The van der Waals surface area contributed by atoms with Gasteiger partial charge in [0.25, 0.3) is 0 Å². The van der Waals surface area contributed by atoms with Crippen LogP contribution in [0.15, 0.2) is 29.5 Å². The second-order valence-corrected chi connectivity index (χ2v) is 8.30.